The molecule has 14 nitrogen and oxygen atoms in total. The maximum Gasteiger partial charge on any atom is 0.220 e. The molecule has 3 rings (SSSR count). The zero-order valence-corrected chi connectivity index (χ0v) is 30.3. The topological polar surface area (TPSA) is 207 Å². The van der Waals surface area contributed by atoms with Crippen molar-refractivity contribution in [3.8, 4) is 0 Å². The Bertz CT molecular complexity index is 1670. The number of unbranched alkanes of at least 4 members (excludes halogenated alkanes) is 2. The predicted molar refractivity (Wildman–Crippen MR) is 197 cm³/mol. The summed E-state index contributed by atoms with van der Waals surface area (Å²) in [6, 6.07) is 7.67. The van der Waals surface area contributed by atoms with Crippen LogP contribution >= 0.6 is 0 Å². The Labute approximate surface area is 299 Å². The lowest BCUT2D eigenvalue weighted by Gasteiger charge is -2.12. The van der Waals surface area contributed by atoms with Gasteiger partial charge in [-0.3, -0.25) is 28.8 Å². The van der Waals surface area contributed by atoms with Gasteiger partial charge in [0.15, 0.2) is 11.6 Å². The molecule has 278 valence electrons. The normalized spacial score (nSPS) is 11.7. The summed E-state index contributed by atoms with van der Waals surface area (Å²) in [5.41, 5.74) is 8.83. The van der Waals surface area contributed by atoms with E-state index >= 15 is 0 Å². The number of likely N-dealkylation sites (N-methyl/N-ethyl adjacent to an activating group) is 1. The first-order chi connectivity index (χ1) is 24.5. The number of hydrogen-bond donors (Lipinski definition) is 5. The van der Waals surface area contributed by atoms with Crippen molar-refractivity contribution in [3.63, 3.8) is 0 Å². The van der Waals surface area contributed by atoms with Gasteiger partial charge < -0.3 is 31.6 Å². The van der Waals surface area contributed by atoms with E-state index in [1.807, 2.05) is 24.3 Å². The van der Waals surface area contributed by atoms with Crippen molar-refractivity contribution in [2.24, 2.45) is 0 Å². The Morgan fingerprint density at radius 1 is 0.784 bits per heavy atom. The molecule has 0 aliphatic carbocycles. The van der Waals surface area contributed by atoms with Crippen LogP contribution in [0.4, 0.5) is 5.82 Å². The molecular weight excluding hydrogens is 652 g/mol. The molecule has 0 saturated carbocycles. The SMILES string of the molecule is CCCCc1nc2c(N)nc3ccccc3c2n1CCCCNC(=O)CCC(=O)CCC(=O)NCC(=O)CCC(=O)NCCCC(NC)C(C)=O. The number of anilines is 1. The number of nitrogens with zero attached hydrogens (tertiary/aromatic N) is 3. The van der Waals surface area contributed by atoms with Gasteiger partial charge in [0.05, 0.1) is 23.6 Å². The van der Waals surface area contributed by atoms with Crippen LogP contribution < -0.4 is 27.0 Å². The third-order valence-electron chi connectivity index (χ3n) is 8.78. The molecule has 2 aromatic heterocycles. The van der Waals surface area contributed by atoms with Crippen LogP contribution in [0.5, 0.6) is 0 Å². The van der Waals surface area contributed by atoms with Crippen molar-refractivity contribution in [3.05, 3.63) is 30.1 Å². The first kappa shape index (κ1) is 40.7. The van der Waals surface area contributed by atoms with Crippen LogP contribution in [0.15, 0.2) is 24.3 Å². The average Bonchev–Trinajstić information content (AvgIpc) is 3.49. The van der Waals surface area contributed by atoms with Gasteiger partial charge in [0.1, 0.15) is 22.9 Å². The number of para-hydroxylation sites is 1. The minimum Gasteiger partial charge on any atom is -0.382 e. The number of fused-ring (bicyclic) bond motifs is 3. The Hall–Kier alpha value is -4.72. The number of carbonyl (C=O) groups is 6. The zero-order valence-electron chi connectivity index (χ0n) is 30.3. The van der Waals surface area contributed by atoms with Crippen molar-refractivity contribution in [2.75, 3.05) is 32.4 Å². The second-order valence-corrected chi connectivity index (χ2v) is 12.8. The summed E-state index contributed by atoms with van der Waals surface area (Å²) in [7, 11) is 1.71. The second-order valence-electron chi connectivity index (χ2n) is 12.8. The molecule has 6 N–H and O–H groups in total. The fraction of sp³-hybridized carbons (Fsp3) is 0.568. The Morgan fingerprint density at radius 2 is 1.41 bits per heavy atom. The minimum atomic E-state index is -0.439. The molecule has 3 amide bonds. The maximum atomic E-state index is 12.4. The van der Waals surface area contributed by atoms with E-state index in [0.29, 0.717) is 31.7 Å². The number of nitrogen functional groups attached to an aromatic ring is 1. The number of rotatable bonds is 25. The molecule has 0 aliphatic heterocycles. The number of aryl methyl sites for hydroxylation is 2. The van der Waals surface area contributed by atoms with Crippen LogP contribution in [0.3, 0.4) is 0 Å². The van der Waals surface area contributed by atoms with Crippen LogP contribution in [-0.2, 0) is 41.7 Å². The summed E-state index contributed by atoms with van der Waals surface area (Å²) in [6.45, 7) is 5.05. The molecule has 0 saturated heterocycles. The Kier molecular flexibility index (Phi) is 17.2. The lowest BCUT2D eigenvalue weighted by molar-refractivity contribution is -0.128. The number of amides is 3. The number of aromatic nitrogens is 3. The van der Waals surface area contributed by atoms with E-state index in [4.69, 9.17) is 10.7 Å². The third-order valence-corrected chi connectivity index (χ3v) is 8.78. The average molecular weight is 707 g/mol. The standard InChI is InChI=1S/C37H54N8O6/c1-4-5-14-31-44-35-36(28-11-6-7-12-30(28)43-37(35)38)45(31)23-9-8-21-40-32(49)18-15-26(47)16-19-34(51)42-24-27(48)17-20-33(50)41-22-10-13-29(39-3)25(2)46/h6-7,11-12,29,39H,4-5,8-10,13-24H2,1-3H3,(H2,38,43)(H,40,49)(H,41,50)(H,42,51). The van der Waals surface area contributed by atoms with Gasteiger partial charge in [-0.15, -0.1) is 0 Å². The summed E-state index contributed by atoms with van der Waals surface area (Å²) in [5.74, 6) is 0.0130. The van der Waals surface area contributed by atoms with Gasteiger partial charge in [-0.2, -0.15) is 0 Å². The largest absolute Gasteiger partial charge is 0.382 e. The van der Waals surface area contributed by atoms with E-state index in [9.17, 15) is 28.8 Å². The van der Waals surface area contributed by atoms with E-state index in [1.165, 1.54) is 6.92 Å². The minimum absolute atomic E-state index is 0.00406. The Morgan fingerprint density at radius 3 is 2.06 bits per heavy atom. The molecule has 51 heavy (non-hydrogen) atoms. The highest BCUT2D eigenvalue weighted by atomic mass is 16.2. The molecule has 0 bridgehead atoms. The molecule has 2 heterocycles. The van der Waals surface area contributed by atoms with Crippen molar-refractivity contribution in [1.82, 2.24) is 35.8 Å². The first-order valence-corrected chi connectivity index (χ1v) is 18.1. The zero-order chi connectivity index (χ0) is 37.2. The smallest absolute Gasteiger partial charge is 0.220 e. The number of Topliss-reactive ketones (excluding diaryl/α,β-unsaturated/α-hetero) is 3. The van der Waals surface area contributed by atoms with Crippen LogP contribution in [0, 0.1) is 0 Å². The van der Waals surface area contributed by atoms with E-state index in [1.54, 1.807) is 7.05 Å². The van der Waals surface area contributed by atoms with E-state index < -0.39 is 5.91 Å². The van der Waals surface area contributed by atoms with Gasteiger partial charge in [0.25, 0.3) is 0 Å². The van der Waals surface area contributed by atoms with Gasteiger partial charge >= 0.3 is 0 Å². The summed E-state index contributed by atoms with van der Waals surface area (Å²) in [6.07, 6.45) is 5.64. The third kappa shape index (κ3) is 13.5. The van der Waals surface area contributed by atoms with Crippen LogP contribution in [0.1, 0.15) is 96.7 Å². The lowest BCUT2D eigenvalue weighted by Crippen LogP contribution is -2.34. The molecule has 0 radical (unpaired) electrons. The number of nitrogens with two attached hydrogens (primary N) is 1. The van der Waals surface area contributed by atoms with Gasteiger partial charge in [-0.1, -0.05) is 31.5 Å². The van der Waals surface area contributed by atoms with Gasteiger partial charge in [-0.05, 0) is 52.1 Å². The molecule has 1 unspecified atom stereocenters. The van der Waals surface area contributed by atoms with E-state index in [2.05, 4.69) is 37.7 Å². The highest BCUT2D eigenvalue weighted by molar-refractivity contribution is 6.06. The quantitative estimate of drug-likeness (QED) is 0.0814. The number of carbonyl (C=O) groups excluding carboxylic acids is 6. The molecule has 0 fully saturated rings. The number of hydrogen-bond acceptors (Lipinski definition) is 10. The van der Waals surface area contributed by atoms with Crippen molar-refractivity contribution < 1.29 is 28.8 Å². The monoisotopic (exact) mass is 706 g/mol. The summed E-state index contributed by atoms with van der Waals surface area (Å²) >= 11 is 0. The fourth-order valence-corrected chi connectivity index (χ4v) is 5.81. The second kappa shape index (κ2) is 21.5. The molecule has 0 spiro atoms. The van der Waals surface area contributed by atoms with E-state index in [-0.39, 0.29) is 80.3 Å². The fourth-order valence-electron chi connectivity index (χ4n) is 5.81. The van der Waals surface area contributed by atoms with Crippen molar-refractivity contribution >= 4 is 62.8 Å². The highest BCUT2D eigenvalue weighted by Crippen LogP contribution is 2.29. The van der Waals surface area contributed by atoms with Crippen LogP contribution in [-0.4, -0.2) is 82.3 Å². The van der Waals surface area contributed by atoms with Crippen LogP contribution in [0.2, 0.25) is 0 Å². The summed E-state index contributed by atoms with van der Waals surface area (Å²) < 4.78 is 2.24. The molecule has 0 aliphatic rings. The van der Waals surface area contributed by atoms with Gasteiger partial charge in [-0.25, -0.2) is 9.97 Å². The van der Waals surface area contributed by atoms with Crippen LogP contribution in [0.25, 0.3) is 21.9 Å². The molecule has 3 aromatic rings. The molecular formula is C37H54N8O6. The van der Waals surface area contributed by atoms with E-state index in [0.717, 1.165) is 66.4 Å². The van der Waals surface area contributed by atoms with Gasteiger partial charge in [0.2, 0.25) is 17.7 Å². The number of pyridine rings is 1. The number of benzene rings is 1. The maximum absolute atomic E-state index is 12.4. The van der Waals surface area contributed by atoms with Crippen molar-refractivity contribution in [1.29, 1.82) is 0 Å². The first-order valence-electron chi connectivity index (χ1n) is 18.1. The molecule has 14 heteroatoms. The number of ketones is 3. The lowest BCUT2D eigenvalue weighted by atomic mass is 10.1. The molecule has 1 aromatic carbocycles. The van der Waals surface area contributed by atoms with Crippen molar-refractivity contribution in [2.45, 2.75) is 110 Å². The van der Waals surface area contributed by atoms with Gasteiger partial charge in [0, 0.05) is 70.0 Å². The predicted octanol–water partition coefficient (Wildman–Crippen LogP) is 3.07. The highest BCUT2D eigenvalue weighted by Gasteiger charge is 2.17. The molecule has 1 atom stereocenters. The number of nitrogens with one attached hydrogen (secondary N) is 4. The Balaban J connectivity index is 1.28. The summed E-state index contributed by atoms with van der Waals surface area (Å²) in [4.78, 5) is 81.7. The summed E-state index contributed by atoms with van der Waals surface area (Å²) in [5, 5.41) is 12.0. The number of imidazole rings is 1.